The fourth-order valence-corrected chi connectivity index (χ4v) is 10.2. The Morgan fingerprint density at radius 3 is 1.01 bits per heavy atom. The molecule has 0 spiro atoms. The first-order valence-electron chi connectivity index (χ1n) is 34.6. The average Bonchev–Trinajstić information content (AvgIpc) is 3.61. The van der Waals surface area contributed by atoms with E-state index in [1.54, 1.807) is 0 Å². The Hall–Kier alpha value is -3.33. The third kappa shape index (κ3) is 67.8. The number of unbranched alkanes of at least 4 members (excludes halogenated alkanes) is 31. The van der Waals surface area contributed by atoms with Gasteiger partial charge in [0.25, 0.3) is 7.82 Å². The summed E-state index contributed by atoms with van der Waals surface area (Å²) in [5.74, 6) is -0.835. The molecule has 2 atom stereocenters. The first-order chi connectivity index (χ1) is 41.0. The Labute approximate surface area is 518 Å². The normalized spacial score (nSPS) is 13.8. The van der Waals surface area contributed by atoms with Gasteiger partial charge >= 0.3 is 11.9 Å². The summed E-state index contributed by atoms with van der Waals surface area (Å²) in [7, 11) is 1.16. The Bertz CT molecular complexity index is 1790. The number of ether oxygens (including phenoxy) is 2. The molecule has 84 heavy (non-hydrogen) atoms. The van der Waals surface area contributed by atoms with Gasteiger partial charge in [-0.2, -0.15) is 0 Å². The molecule has 0 aliphatic rings. The van der Waals surface area contributed by atoms with Crippen LogP contribution in [0.1, 0.15) is 296 Å². The van der Waals surface area contributed by atoms with Crippen molar-refractivity contribution < 1.29 is 42.1 Å². The van der Waals surface area contributed by atoms with E-state index in [0.29, 0.717) is 17.4 Å². The van der Waals surface area contributed by atoms with E-state index in [4.69, 9.17) is 18.5 Å². The SMILES string of the molecule is CC/C=C\C/C=C\C/C=C\C/C=C\C/C=C\C/C=C\CCCCCCCCCCCCC(=O)OC(COC(=O)CCCCCCCCCCCCCCCCCC/C=C\C/C=C\C/C=C\CCCCCCC)COP(=O)([O-])OCC[N+](C)(C)C. The summed E-state index contributed by atoms with van der Waals surface area (Å²) in [6.45, 7) is 4.13. The fraction of sp³-hybridized carbons (Fsp3) is 0.730. The van der Waals surface area contributed by atoms with E-state index in [1.807, 2.05) is 21.1 Å². The predicted molar refractivity (Wildman–Crippen MR) is 360 cm³/mol. The zero-order valence-corrected chi connectivity index (χ0v) is 56.0. The van der Waals surface area contributed by atoms with E-state index in [1.165, 1.54) is 167 Å². The third-order valence-corrected chi connectivity index (χ3v) is 15.7. The van der Waals surface area contributed by atoms with E-state index >= 15 is 0 Å². The monoisotopic (exact) mass is 1190 g/mol. The lowest BCUT2D eigenvalue weighted by Crippen LogP contribution is -2.37. The third-order valence-electron chi connectivity index (χ3n) is 14.8. The molecule has 0 bridgehead atoms. The van der Waals surface area contributed by atoms with Gasteiger partial charge in [0.05, 0.1) is 27.7 Å². The van der Waals surface area contributed by atoms with Crippen molar-refractivity contribution in [3.05, 3.63) is 109 Å². The Balaban J connectivity index is 4.08. The standard InChI is InChI=1S/C74H130NO8P/c1-6-8-10-12-14-16-18-20-22-24-26-28-30-32-34-36-37-39-40-42-44-46-48-50-52-54-56-58-60-62-64-66-73(76)80-70-72(71-82-84(78,79)81-69-68-75(3,4)5)83-74(77)67-65-63-61-59-57-55-53-51-49-47-45-43-41-38-35-33-31-29-27-25-23-21-19-17-15-13-11-9-7-2/h9,11,15,17-18,20-21,23-24,26-27,29-30,32-33,35,41,43,72H,6-8,10,12-14,16,19,22,25,28,31,34,36-40,42,44-71H2,1-5H3/b11-9-,17-15-,20-18-,23-21-,26-24-,29-27-,32-30-,35-33-,43-41-. The van der Waals surface area contributed by atoms with Gasteiger partial charge in [-0.3, -0.25) is 14.2 Å². The number of allylic oxidation sites excluding steroid dienone is 18. The maximum absolute atomic E-state index is 12.9. The van der Waals surface area contributed by atoms with Crippen molar-refractivity contribution in [1.82, 2.24) is 0 Å². The molecule has 9 nitrogen and oxygen atoms in total. The van der Waals surface area contributed by atoms with Crippen LogP contribution in [0.25, 0.3) is 0 Å². The smallest absolute Gasteiger partial charge is 0.306 e. The molecule has 10 heteroatoms. The number of hydrogen-bond donors (Lipinski definition) is 0. The molecule has 0 saturated carbocycles. The van der Waals surface area contributed by atoms with Crippen LogP contribution in [-0.4, -0.2) is 70.0 Å². The Kier molecular flexibility index (Phi) is 61.6. The number of hydrogen-bond acceptors (Lipinski definition) is 8. The lowest BCUT2D eigenvalue weighted by Gasteiger charge is -2.28. The van der Waals surface area contributed by atoms with Gasteiger partial charge in [-0.15, -0.1) is 0 Å². The van der Waals surface area contributed by atoms with Gasteiger partial charge in [-0.1, -0.05) is 290 Å². The fourth-order valence-electron chi connectivity index (χ4n) is 9.49. The van der Waals surface area contributed by atoms with Gasteiger partial charge in [-0.25, -0.2) is 0 Å². The minimum Gasteiger partial charge on any atom is -0.756 e. The van der Waals surface area contributed by atoms with Crippen LogP contribution in [0.4, 0.5) is 0 Å². The van der Waals surface area contributed by atoms with Crippen LogP contribution in [0, 0.1) is 0 Å². The molecule has 0 aromatic rings. The van der Waals surface area contributed by atoms with Crippen molar-refractivity contribution in [3.8, 4) is 0 Å². The molecular formula is C74H130NO8P. The van der Waals surface area contributed by atoms with Crippen LogP contribution < -0.4 is 4.89 Å². The van der Waals surface area contributed by atoms with Crippen molar-refractivity contribution in [1.29, 1.82) is 0 Å². The molecular weight excluding hydrogens is 1060 g/mol. The van der Waals surface area contributed by atoms with Crippen LogP contribution in [0.5, 0.6) is 0 Å². The van der Waals surface area contributed by atoms with E-state index in [2.05, 4.69) is 123 Å². The summed E-state index contributed by atoms with van der Waals surface area (Å²) >= 11 is 0. The van der Waals surface area contributed by atoms with Gasteiger partial charge in [-0.05, 0) is 103 Å². The number of phosphoric ester groups is 1. The zero-order chi connectivity index (χ0) is 61.2. The van der Waals surface area contributed by atoms with Crippen molar-refractivity contribution in [2.75, 3.05) is 47.5 Å². The molecule has 484 valence electrons. The lowest BCUT2D eigenvalue weighted by molar-refractivity contribution is -0.870. The molecule has 0 aromatic carbocycles. The molecule has 0 aliphatic carbocycles. The molecule has 0 saturated heterocycles. The maximum atomic E-state index is 12.9. The highest BCUT2D eigenvalue weighted by atomic mass is 31.2. The van der Waals surface area contributed by atoms with Gasteiger partial charge < -0.3 is 27.9 Å². The molecule has 2 unspecified atom stereocenters. The largest absolute Gasteiger partial charge is 0.756 e. The summed E-state index contributed by atoms with van der Waals surface area (Å²) in [5.41, 5.74) is 0. The van der Waals surface area contributed by atoms with Crippen LogP contribution in [-0.2, 0) is 32.7 Å². The van der Waals surface area contributed by atoms with Crippen LogP contribution in [0.3, 0.4) is 0 Å². The van der Waals surface area contributed by atoms with E-state index in [-0.39, 0.29) is 32.0 Å². The number of carbonyl (C=O) groups excluding carboxylic acids is 2. The molecule has 0 amide bonds. The Morgan fingerprint density at radius 1 is 0.381 bits per heavy atom. The minimum absolute atomic E-state index is 0.0357. The van der Waals surface area contributed by atoms with Crippen molar-refractivity contribution in [2.24, 2.45) is 0 Å². The first-order valence-corrected chi connectivity index (χ1v) is 36.1. The zero-order valence-electron chi connectivity index (χ0n) is 55.1. The quantitative estimate of drug-likeness (QED) is 0.0195. The molecule has 0 aliphatic heterocycles. The number of carbonyl (C=O) groups is 2. The van der Waals surface area contributed by atoms with Gasteiger partial charge in [0, 0.05) is 12.8 Å². The van der Waals surface area contributed by atoms with E-state index < -0.39 is 26.5 Å². The summed E-state index contributed by atoms with van der Waals surface area (Å²) in [6, 6.07) is 0. The summed E-state index contributed by atoms with van der Waals surface area (Å²) < 4.78 is 34.3. The first kappa shape index (κ1) is 80.7. The van der Waals surface area contributed by atoms with Crippen molar-refractivity contribution in [2.45, 2.75) is 302 Å². The molecule has 0 fully saturated rings. The second-order valence-electron chi connectivity index (χ2n) is 24.2. The van der Waals surface area contributed by atoms with Crippen molar-refractivity contribution >= 4 is 19.8 Å². The molecule has 0 rings (SSSR count). The predicted octanol–water partition coefficient (Wildman–Crippen LogP) is 21.9. The molecule has 0 N–H and O–H groups in total. The number of quaternary nitrogens is 1. The summed E-state index contributed by atoms with van der Waals surface area (Å²) in [5, 5.41) is 0. The lowest BCUT2D eigenvalue weighted by atomic mass is 10.0. The van der Waals surface area contributed by atoms with E-state index in [0.717, 1.165) is 96.3 Å². The second-order valence-corrected chi connectivity index (χ2v) is 25.6. The Morgan fingerprint density at radius 2 is 0.679 bits per heavy atom. The highest BCUT2D eigenvalue weighted by molar-refractivity contribution is 7.45. The van der Waals surface area contributed by atoms with Crippen molar-refractivity contribution in [3.63, 3.8) is 0 Å². The molecule has 0 heterocycles. The summed E-state index contributed by atoms with van der Waals surface area (Å²) in [4.78, 5) is 38.1. The highest BCUT2D eigenvalue weighted by Crippen LogP contribution is 2.38. The van der Waals surface area contributed by atoms with Gasteiger partial charge in [0.1, 0.15) is 19.8 Å². The number of rotatable bonds is 63. The molecule has 0 radical (unpaired) electrons. The van der Waals surface area contributed by atoms with Crippen LogP contribution in [0.2, 0.25) is 0 Å². The van der Waals surface area contributed by atoms with Gasteiger partial charge in [0.15, 0.2) is 6.10 Å². The van der Waals surface area contributed by atoms with Gasteiger partial charge in [0.2, 0.25) is 0 Å². The van der Waals surface area contributed by atoms with Crippen LogP contribution in [0.15, 0.2) is 109 Å². The second kappa shape index (κ2) is 64.2. The van der Waals surface area contributed by atoms with E-state index in [9.17, 15) is 19.0 Å². The topological polar surface area (TPSA) is 111 Å². The molecule has 0 aromatic heterocycles. The number of likely N-dealkylation sites (N-methyl/N-ethyl adjacent to an activating group) is 1. The minimum atomic E-state index is -4.65. The number of phosphoric acid groups is 1. The maximum Gasteiger partial charge on any atom is 0.306 e. The highest BCUT2D eigenvalue weighted by Gasteiger charge is 2.22. The average molecular weight is 1190 g/mol. The van der Waals surface area contributed by atoms with Crippen LogP contribution >= 0.6 is 7.82 Å². The number of esters is 2. The number of nitrogens with zero attached hydrogens (tertiary/aromatic N) is 1. The summed E-state index contributed by atoms with van der Waals surface area (Å²) in [6.07, 6.45) is 90.1.